The minimum atomic E-state index is -0.483. The van der Waals surface area contributed by atoms with Crippen molar-refractivity contribution in [3.05, 3.63) is 29.3 Å². The van der Waals surface area contributed by atoms with Gasteiger partial charge in [-0.25, -0.2) is 0 Å². The second-order valence-electron chi connectivity index (χ2n) is 7.40. The summed E-state index contributed by atoms with van der Waals surface area (Å²) in [7, 11) is 2.12. The highest BCUT2D eigenvalue weighted by Crippen LogP contribution is 2.33. The number of aliphatic hydroxyl groups excluding tert-OH is 1. The van der Waals surface area contributed by atoms with Crippen LogP contribution in [0.2, 0.25) is 0 Å². The van der Waals surface area contributed by atoms with Crippen LogP contribution >= 0.6 is 0 Å². The number of benzene rings is 1. The summed E-state index contributed by atoms with van der Waals surface area (Å²) in [6.45, 7) is 13.4. The van der Waals surface area contributed by atoms with Crippen LogP contribution in [-0.4, -0.2) is 36.8 Å². The molecule has 0 heterocycles. The van der Waals surface area contributed by atoms with Gasteiger partial charge in [0.2, 0.25) is 0 Å². The van der Waals surface area contributed by atoms with E-state index >= 15 is 0 Å². The van der Waals surface area contributed by atoms with E-state index in [1.54, 1.807) is 0 Å². The molecule has 0 radical (unpaired) electrons. The summed E-state index contributed by atoms with van der Waals surface area (Å²) in [6, 6.07) is 6.22. The van der Waals surface area contributed by atoms with E-state index in [0.717, 1.165) is 30.8 Å². The number of unbranched alkanes of at least 4 members (excludes halogenated alkanes) is 1. The van der Waals surface area contributed by atoms with Crippen LogP contribution in [0.25, 0.3) is 0 Å². The van der Waals surface area contributed by atoms with Gasteiger partial charge in [0.1, 0.15) is 5.75 Å². The minimum absolute atomic E-state index is 0.0666. The Balaban J connectivity index is 2.85. The van der Waals surface area contributed by atoms with Crippen molar-refractivity contribution in [2.75, 3.05) is 26.7 Å². The number of hydrogen-bond donors (Lipinski definition) is 1. The molecule has 3 nitrogen and oxygen atoms in total. The van der Waals surface area contributed by atoms with E-state index in [4.69, 9.17) is 4.74 Å². The number of rotatable bonds is 9. The predicted molar refractivity (Wildman–Crippen MR) is 98.3 cm³/mol. The van der Waals surface area contributed by atoms with Gasteiger partial charge in [0.15, 0.2) is 0 Å². The first kappa shape index (κ1) is 20.0. The molecule has 0 aliphatic heterocycles. The Kier molecular flexibility index (Phi) is 8.07. The summed E-state index contributed by atoms with van der Waals surface area (Å²) in [5.74, 6) is 0.809. The molecular formula is C20H35NO2. The lowest BCUT2D eigenvalue weighted by molar-refractivity contribution is 0.144. The van der Waals surface area contributed by atoms with Crippen LogP contribution in [0.1, 0.15) is 71.1 Å². The fourth-order valence-electron chi connectivity index (χ4n) is 2.60. The molecule has 0 aliphatic rings. The molecule has 1 aromatic carbocycles. The molecule has 0 saturated heterocycles. The molecule has 1 aromatic rings. The van der Waals surface area contributed by atoms with Crippen molar-refractivity contribution in [3.63, 3.8) is 0 Å². The van der Waals surface area contributed by atoms with Gasteiger partial charge in [-0.3, -0.25) is 0 Å². The molecule has 132 valence electrons. The summed E-state index contributed by atoms with van der Waals surface area (Å²) in [5, 5.41) is 10.7. The molecule has 0 fully saturated rings. The van der Waals surface area contributed by atoms with E-state index in [1.807, 2.05) is 13.0 Å². The second kappa shape index (κ2) is 9.29. The Morgan fingerprint density at radius 1 is 1.17 bits per heavy atom. The van der Waals surface area contributed by atoms with Gasteiger partial charge in [-0.15, -0.1) is 0 Å². The first-order valence-corrected chi connectivity index (χ1v) is 8.93. The molecule has 0 saturated carbocycles. The predicted octanol–water partition coefficient (Wildman–Crippen LogP) is 4.54. The molecule has 1 N–H and O–H groups in total. The summed E-state index contributed by atoms with van der Waals surface area (Å²) in [4.78, 5) is 2.29. The van der Waals surface area contributed by atoms with Crippen molar-refractivity contribution in [1.82, 2.24) is 4.90 Å². The lowest BCUT2D eigenvalue weighted by Crippen LogP contribution is -2.22. The summed E-state index contributed by atoms with van der Waals surface area (Å²) >= 11 is 0. The standard InChI is InChI=1S/C20H35NO2/c1-7-9-13-21(6)14-12-18(22)17-15-16(20(3,4)5)10-11-19(17)23-8-2/h10-11,15,18,22H,7-9,12-14H2,1-6H3. The molecule has 1 rings (SSSR count). The third-order valence-electron chi connectivity index (χ3n) is 4.21. The zero-order chi connectivity index (χ0) is 17.5. The number of nitrogens with zero attached hydrogens (tertiary/aromatic N) is 1. The lowest BCUT2D eigenvalue weighted by atomic mass is 9.85. The Hall–Kier alpha value is -1.06. The first-order chi connectivity index (χ1) is 10.8. The second-order valence-corrected chi connectivity index (χ2v) is 7.40. The fourth-order valence-corrected chi connectivity index (χ4v) is 2.60. The molecular weight excluding hydrogens is 286 g/mol. The van der Waals surface area contributed by atoms with Crippen molar-refractivity contribution in [2.24, 2.45) is 0 Å². The average Bonchev–Trinajstić information content (AvgIpc) is 2.50. The summed E-state index contributed by atoms with van der Waals surface area (Å²) < 4.78 is 5.72. The zero-order valence-electron chi connectivity index (χ0n) is 15.9. The summed E-state index contributed by atoms with van der Waals surface area (Å²) in [5.41, 5.74) is 2.22. The summed E-state index contributed by atoms with van der Waals surface area (Å²) in [6.07, 6.45) is 2.65. The smallest absolute Gasteiger partial charge is 0.125 e. The van der Waals surface area contributed by atoms with Crippen molar-refractivity contribution in [2.45, 2.75) is 65.4 Å². The SMILES string of the molecule is CCCCN(C)CCC(O)c1cc(C(C)(C)C)ccc1OCC. The molecule has 0 spiro atoms. The number of ether oxygens (including phenoxy) is 1. The van der Waals surface area contributed by atoms with Crippen LogP contribution in [0.4, 0.5) is 0 Å². The maximum atomic E-state index is 10.7. The van der Waals surface area contributed by atoms with Crippen LogP contribution < -0.4 is 4.74 Å². The van der Waals surface area contributed by atoms with E-state index in [1.165, 1.54) is 18.4 Å². The largest absolute Gasteiger partial charge is 0.493 e. The highest BCUT2D eigenvalue weighted by atomic mass is 16.5. The van der Waals surface area contributed by atoms with Gasteiger partial charge in [0.05, 0.1) is 12.7 Å². The molecule has 1 atom stereocenters. The van der Waals surface area contributed by atoms with Gasteiger partial charge in [0, 0.05) is 12.1 Å². The van der Waals surface area contributed by atoms with E-state index < -0.39 is 6.10 Å². The molecule has 1 unspecified atom stereocenters. The van der Waals surface area contributed by atoms with E-state index in [-0.39, 0.29) is 5.41 Å². The highest BCUT2D eigenvalue weighted by molar-refractivity contribution is 5.41. The third-order valence-corrected chi connectivity index (χ3v) is 4.21. The Morgan fingerprint density at radius 3 is 2.43 bits per heavy atom. The van der Waals surface area contributed by atoms with Gasteiger partial charge in [-0.05, 0) is 56.5 Å². The van der Waals surface area contributed by atoms with Gasteiger partial charge in [-0.1, -0.05) is 40.2 Å². The van der Waals surface area contributed by atoms with Gasteiger partial charge >= 0.3 is 0 Å². The van der Waals surface area contributed by atoms with Gasteiger partial charge < -0.3 is 14.7 Å². The minimum Gasteiger partial charge on any atom is -0.493 e. The van der Waals surface area contributed by atoms with E-state index in [9.17, 15) is 5.11 Å². The maximum Gasteiger partial charge on any atom is 0.125 e. The van der Waals surface area contributed by atoms with Crippen molar-refractivity contribution < 1.29 is 9.84 Å². The van der Waals surface area contributed by atoms with Crippen LogP contribution in [0.5, 0.6) is 5.75 Å². The number of aliphatic hydroxyl groups is 1. The molecule has 0 aliphatic carbocycles. The van der Waals surface area contributed by atoms with Gasteiger partial charge in [-0.2, -0.15) is 0 Å². The van der Waals surface area contributed by atoms with Crippen molar-refractivity contribution in [3.8, 4) is 5.75 Å². The molecule has 0 amide bonds. The third kappa shape index (κ3) is 6.52. The molecule has 3 heteroatoms. The Morgan fingerprint density at radius 2 is 1.87 bits per heavy atom. The van der Waals surface area contributed by atoms with Crippen LogP contribution in [0.3, 0.4) is 0 Å². The van der Waals surface area contributed by atoms with E-state index in [2.05, 4.69) is 51.8 Å². The fraction of sp³-hybridized carbons (Fsp3) is 0.700. The Labute approximate surface area is 142 Å². The monoisotopic (exact) mass is 321 g/mol. The maximum absolute atomic E-state index is 10.7. The van der Waals surface area contributed by atoms with Crippen LogP contribution in [0.15, 0.2) is 18.2 Å². The van der Waals surface area contributed by atoms with Crippen LogP contribution in [0, 0.1) is 0 Å². The molecule has 0 aromatic heterocycles. The molecule has 0 bridgehead atoms. The number of hydrogen-bond acceptors (Lipinski definition) is 3. The first-order valence-electron chi connectivity index (χ1n) is 8.93. The normalized spacial score (nSPS) is 13.4. The van der Waals surface area contributed by atoms with Crippen molar-refractivity contribution in [1.29, 1.82) is 0 Å². The quantitative estimate of drug-likeness (QED) is 0.725. The molecule has 23 heavy (non-hydrogen) atoms. The van der Waals surface area contributed by atoms with Crippen LogP contribution in [-0.2, 0) is 5.41 Å². The Bertz CT molecular complexity index is 465. The lowest BCUT2D eigenvalue weighted by Gasteiger charge is -2.24. The average molecular weight is 322 g/mol. The zero-order valence-corrected chi connectivity index (χ0v) is 15.9. The van der Waals surface area contributed by atoms with Crippen molar-refractivity contribution >= 4 is 0 Å². The van der Waals surface area contributed by atoms with E-state index in [0.29, 0.717) is 6.61 Å². The highest BCUT2D eigenvalue weighted by Gasteiger charge is 2.20. The van der Waals surface area contributed by atoms with Gasteiger partial charge in [0.25, 0.3) is 0 Å². The topological polar surface area (TPSA) is 32.7 Å².